The van der Waals surface area contributed by atoms with Crippen LogP contribution in [0.1, 0.15) is 28.7 Å². The first-order chi connectivity index (χ1) is 13.0. The van der Waals surface area contributed by atoms with Crippen molar-refractivity contribution in [2.75, 3.05) is 0 Å². The van der Waals surface area contributed by atoms with Gasteiger partial charge in [-0.15, -0.1) is 5.10 Å². The molecule has 2 aromatic carbocycles. The van der Waals surface area contributed by atoms with Gasteiger partial charge in [-0.1, -0.05) is 29.5 Å². The van der Waals surface area contributed by atoms with E-state index >= 15 is 0 Å². The molecular formula is C18H16N6O3. The highest BCUT2D eigenvalue weighted by Gasteiger charge is 2.15. The first-order valence-electron chi connectivity index (χ1n) is 8.04. The minimum Gasteiger partial charge on any atom is -0.267 e. The number of aromatic nitrogens is 3. The van der Waals surface area contributed by atoms with Crippen molar-refractivity contribution in [3.8, 4) is 5.69 Å². The highest BCUT2D eigenvalue weighted by Crippen LogP contribution is 2.18. The minimum atomic E-state index is -0.470. The van der Waals surface area contributed by atoms with Gasteiger partial charge in [-0.3, -0.25) is 14.9 Å². The Morgan fingerprint density at radius 2 is 1.93 bits per heavy atom. The largest absolute Gasteiger partial charge is 0.271 e. The number of rotatable bonds is 5. The molecular weight excluding hydrogens is 348 g/mol. The molecule has 0 saturated heterocycles. The second-order valence-corrected chi connectivity index (χ2v) is 5.72. The van der Waals surface area contributed by atoms with E-state index in [0.29, 0.717) is 28.4 Å². The van der Waals surface area contributed by atoms with E-state index in [2.05, 4.69) is 20.8 Å². The topological polar surface area (TPSA) is 115 Å². The van der Waals surface area contributed by atoms with E-state index in [1.165, 1.54) is 16.8 Å². The van der Waals surface area contributed by atoms with E-state index in [9.17, 15) is 14.9 Å². The number of nitro benzene ring substituents is 1. The predicted molar refractivity (Wildman–Crippen MR) is 98.9 cm³/mol. The van der Waals surface area contributed by atoms with Gasteiger partial charge in [0.25, 0.3) is 11.6 Å². The minimum absolute atomic E-state index is 0.0375. The van der Waals surface area contributed by atoms with Crippen LogP contribution >= 0.6 is 0 Å². The lowest BCUT2D eigenvalue weighted by Gasteiger charge is -2.04. The number of carbonyl (C=O) groups excluding carboxylic acids is 1. The Labute approximate surface area is 154 Å². The summed E-state index contributed by atoms with van der Waals surface area (Å²) >= 11 is 0. The number of hydrogen-bond donors (Lipinski definition) is 1. The second-order valence-electron chi connectivity index (χ2n) is 5.72. The average molecular weight is 364 g/mol. The monoisotopic (exact) mass is 364 g/mol. The number of hydrogen-bond acceptors (Lipinski definition) is 6. The third-order valence-corrected chi connectivity index (χ3v) is 3.88. The van der Waals surface area contributed by atoms with E-state index in [4.69, 9.17) is 0 Å². The summed E-state index contributed by atoms with van der Waals surface area (Å²) < 4.78 is 1.49. The standard InChI is InChI=1S/C18H16N6O3/c1-12(19-21-18(25)14-7-4-3-5-8-14)17-13(2)23(22-20-17)15-9-6-10-16(11-15)24(26)27/h3-11H,1-2H3,(H,21,25). The van der Waals surface area contributed by atoms with Crippen LogP contribution < -0.4 is 5.43 Å². The van der Waals surface area contributed by atoms with Crippen LogP contribution in [0.25, 0.3) is 5.69 Å². The van der Waals surface area contributed by atoms with Crippen molar-refractivity contribution in [1.29, 1.82) is 0 Å². The molecule has 1 amide bonds. The molecule has 1 aromatic heterocycles. The highest BCUT2D eigenvalue weighted by molar-refractivity contribution is 6.00. The van der Waals surface area contributed by atoms with Crippen molar-refractivity contribution in [2.45, 2.75) is 13.8 Å². The molecule has 1 N–H and O–H groups in total. The van der Waals surface area contributed by atoms with Crippen molar-refractivity contribution in [3.05, 3.63) is 81.7 Å². The molecule has 3 aromatic rings. The Bertz CT molecular complexity index is 1030. The summed E-state index contributed by atoms with van der Waals surface area (Å²) in [6, 6.07) is 14.8. The lowest BCUT2D eigenvalue weighted by Crippen LogP contribution is -2.19. The number of nitrogens with one attached hydrogen (secondary N) is 1. The normalized spacial score (nSPS) is 11.3. The molecule has 0 aliphatic carbocycles. The van der Waals surface area contributed by atoms with Gasteiger partial charge in [-0.05, 0) is 32.0 Å². The molecule has 0 aliphatic heterocycles. The Balaban J connectivity index is 1.83. The molecule has 1 heterocycles. The van der Waals surface area contributed by atoms with Crippen LogP contribution in [0.3, 0.4) is 0 Å². The molecule has 0 saturated carbocycles. The van der Waals surface area contributed by atoms with Gasteiger partial charge in [0.2, 0.25) is 0 Å². The molecule has 0 unspecified atom stereocenters. The van der Waals surface area contributed by atoms with Crippen LogP contribution in [0.4, 0.5) is 5.69 Å². The molecule has 3 rings (SSSR count). The fourth-order valence-corrected chi connectivity index (χ4v) is 2.49. The number of amides is 1. The molecule has 0 fully saturated rings. The molecule has 27 heavy (non-hydrogen) atoms. The predicted octanol–water partition coefficient (Wildman–Crippen LogP) is 2.64. The van der Waals surface area contributed by atoms with E-state index in [0.717, 1.165) is 0 Å². The van der Waals surface area contributed by atoms with E-state index < -0.39 is 4.92 Å². The first kappa shape index (κ1) is 17.9. The zero-order valence-electron chi connectivity index (χ0n) is 14.7. The van der Waals surface area contributed by atoms with E-state index in [-0.39, 0.29) is 11.6 Å². The first-order valence-corrected chi connectivity index (χ1v) is 8.04. The highest BCUT2D eigenvalue weighted by atomic mass is 16.6. The van der Waals surface area contributed by atoms with Crippen LogP contribution in [0.5, 0.6) is 0 Å². The maximum absolute atomic E-state index is 12.1. The number of carbonyl (C=O) groups is 1. The third kappa shape index (κ3) is 3.87. The van der Waals surface area contributed by atoms with Crippen LogP contribution in [0.2, 0.25) is 0 Å². The smallest absolute Gasteiger partial charge is 0.267 e. The van der Waals surface area contributed by atoms with E-state index in [1.54, 1.807) is 50.2 Å². The summed E-state index contributed by atoms with van der Waals surface area (Å²) in [4.78, 5) is 22.6. The van der Waals surface area contributed by atoms with Gasteiger partial charge in [-0.25, -0.2) is 10.1 Å². The summed E-state index contributed by atoms with van der Waals surface area (Å²) in [6.07, 6.45) is 0. The Kier molecular flexibility index (Phi) is 5.02. The average Bonchev–Trinajstić information content (AvgIpc) is 3.08. The van der Waals surface area contributed by atoms with Crippen LogP contribution in [0, 0.1) is 17.0 Å². The Morgan fingerprint density at radius 3 is 2.63 bits per heavy atom. The van der Waals surface area contributed by atoms with Crippen molar-refractivity contribution >= 4 is 17.3 Å². The molecule has 9 heteroatoms. The van der Waals surface area contributed by atoms with Crippen LogP contribution in [-0.4, -0.2) is 31.5 Å². The molecule has 9 nitrogen and oxygen atoms in total. The summed E-state index contributed by atoms with van der Waals surface area (Å²) in [6.45, 7) is 3.46. The third-order valence-electron chi connectivity index (χ3n) is 3.88. The van der Waals surface area contributed by atoms with Crippen LogP contribution in [-0.2, 0) is 0 Å². The molecule has 0 spiro atoms. The Hall–Kier alpha value is -3.88. The molecule has 136 valence electrons. The lowest BCUT2D eigenvalue weighted by molar-refractivity contribution is -0.384. The van der Waals surface area contributed by atoms with E-state index in [1.807, 2.05) is 6.07 Å². The van der Waals surface area contributed by atoms with Crippen molar-refractivity contribution in [2.24, 2.45) is 5.10 Å². The zero-order chi connectivity index (χ0) is 19.4. The second kappa shape index (κ2) is 7.56. The van der Waals surface area contributed by atoms with Crippen molar-refractivity contribution < 1.29 is 9.72 Å². The number of benzene rings is 2. The molecule has 0 atom stereocenters. The summed E-state index contributed by atoms with van der Waals surface area (Å²) in [5, 5.41) is 23.1. The van der Waals surface area contributed by atoms with Gasteiger partial charge < -0.3 is 0 Å². The van der Waals surface area contributed by atoms with Gasteiger partial charge in [0.05, 0.1) is 22.0 Å². The van der Waals surface area contributed by atoms with Crippen LogP contribution in [0.15, 0.2) is 59.7 Å². The number of non-ortho nitro benzene ring substituents is 1. The number of nitrogens with zero attached hydrogens (tertiary/aromatic N) is 5. The molecule has 0 aliphatic rings. The van der Waals surface area contributed by atoms with Gasteiger partial charge >= 0.3 is 0 Å². The number of hydrazone groups is 1. The fourth-order valence-electron chi connectivity index (χ4n) is 2.49. The van der Waals surface area contributed by atoms with Gasteiger partial charge in [0, 0.05) is 17.7 Å². The summed E-state index contributed by atoms with van der Waals surface area (Å²) in [5.74, 6) is -0.335. The summed E-state index contributed by atoms with van der Waals surface area (Å²) in [7, 11) is 0. The molecule has 0 bridgehead atoms. The number of nitro groups is 1. The molecule has 0 radical (unpaired) electrons. The zero-order valence-corrected chi connectivity index (χ0v) is 14.7. The van der Waals surface area contributed by atoms with Gasteiger partial charge in [0.1, 0.15) is 5.69 Å². The van der Waals surface area contributed by atoms with Crippen molar-refractivity contribution in [1.82, 2.24) is 20.4 Å². The SMILES string of the molecule is CC(=NNC(=O)c1ccccc1)c1nnn(-c2cccc([N+](=O)[O-])c2)c1C. The maximum Gasteiger partial charge on any atom is 0.271 e. The quantitative estimate of drug-likeness (QED) is 0.424. The van der Waals surface area contributed by atoms with Crippen molar-refractivity contribution in [3.63, 3.8) is 0 Å². The van der Waals surface area contributed by atoms with Gasteiger partial charge in [0.15, 0.2) is 0 Å². The summed E-state index contributed by atoms with van der Waals surface area (Å²) in [5.41, 5.74) is 5.04. The Morgan fingerprint density at radius 1 is 1.19 bits per heavy atom. The van der Waals surface area contributed by atoms with Gasteiger partial charge in [-0.2, -0.15) is 5.10 Å². The lowest BCUT2D eigenvalue weighted by atomic mass is 10.2. The fraction of sp³-hybridized carbons (Fsp3) is 0.111. The maximum atomic E-state index is 12.1.